The molecule has 100 valence electrons. The minimum absolute atomic E-state index is 0.126. The Hall–Kier alpha value is -2.07. The third-order valence-electron chi connectivity index (χ3n) is 3.36. The second-order valence-electron chi connectivity index (χ2n) is 4.91. The fourth-order valence-electron chi connectivity index (χ4n) is 2.35. The van der Waals surface area contributed by atoms with Crippen molar-refractivity contribution in [3.05, 3.63) is 64.5 Å². The number of fused-ring (bicyclic) bond motifs is 1. The molecule has 0 saturated heterocycles. The second kappa shape index (κ2) is 4.80. The summed E-state index contributed by atoms with van der Waals surface area (Å²) in [6.07, 6.45) is 0.205. The molecule has 20 heavy (non-hydrogen) atoms. The van der Waals surface area contributed by atoms with Gasteiger partial charge in [-0.15, -0.1) is 0 Å². The van der Waals surface area contributed by atoms with Gasteiger partial charge < -0.3 is 5.32 Å². The van der Waals surface area contributed by atoms with E-state index in [9.17, 15) is 9.18 Å². The van der Waals surface area contributed by atoms with Gasteiger partial charge in [0.1, 0.15) is 5.82 Å². The molecule has 0 radical (unpaired) electrons. The summed E-state index contributed by atoms with van der Waals surface area (Å²) in [6.45, 7) is 1.99. The van der Waals surface area contributed by atoms with Gasteiger partial charge in [-0.25, -0.2) is 4.39 Å². The Bertz CT molecular complexity index is 722. The van der Waals surface area contributed by atoms with Crippen LogP contribution in [0.15, 0.2) is 36.4 Å². The monoisotopic (exact) mass is 285 g/mol. The Morgan fingerprint density at radius 3 is 2.65 bits per heavy atom. The van der Waals surface area contributed by atoms with E-state index >= 15 is 0 Å². The van der Waals surface area contributed by atoms with Crippen molar-refractivity contribution in [2.75, 3.05) is 5.32 Å². The van der Waals surface area contributed by atoms with Gasteiger partial charge in [0.25, 0.3) is 0 Å². The number of carbonyl (C=O) groups is 1. The Morgan fingerprint density at radius 1 is 1.25 bits per heavy atom. The van der Waals surface area contributed by atoms with Crippen LogP contribution in [-0.4, -0.2) is 10.8 Å². The molecule has 2 nitrogen and oxygen atoms in total. The summed E-state index contributed by atoms with van der Waals surface area (Å²) in [5.74, 6) is -0.497. The summed E-state index contributed by atoms with van der Waals surface area (Å²) in [7, 11) is 0. The first-order valence-electron chi connectivity index (χ1n) is 6.28. The van der Waals surface area contributed by atoms with Crippen molar-refractivity contribution in [2.24, 2.45) is 0 Å². The zero-order chi connectivity index (χ0) is 14.3. The van der Waals surface area contributed by atoms with Crippen LogP contribution in [0.2, 0.25) is 0 Å². The highest BCUT2D eigenvalue weighted by Gasteiger charge is 2.24. The van der Waals surface area contributed by atoms with E-state index in [1.165, 1.54) is 12.1 Å². The first-order chi connectivity index (χ1) is 9.54. The topological polar surface area (TPSA) is 29.1 Å². The SMILES string of the molecule is Cc1ccc(C(=S)c2cc(F)cc3c2NC(=O)C3)cc1. The normalized spacial score (nSPS) is 13.0. The van der Waals surface area contributed by atoms with Gasteiger partial charge in [-0.2, -0.15) is 0 Å². The van der Waals surface area contributed by atoms with Crippen molar-refractivity contribution >= 4 is 28.7 Å². The van der Waals surface area contributed by atoms with Crippen molar-refractivity contribution < 1.29 is 9.18 Å². The Labute approximate surface area is 121 Å². The molecule has 0 bridgehead atoms. The number of hydrogen-bond donors (Lipinski definition) is 1. The maximum absolute atomic E-state index is 13.7. The van der Waals surface area contributed by atoms with Crippen LogP contribution in [0.1, 0.15) is 22.3 Å². The number of halogens is 1. The van der Waals surface area contributed by atoms with Crippen LogP contribution in [0.4, 0.5) is 10.1 Å². The standard InChI is InChI=1S/C16H12FNOS/c1-9-2-4-10(5-3-9)16(20)13-8-12(17)6-11-7-14(19)18-15(11)13/h2-6,8H,7H2,1H3,(H,18,19). The number of carbonyl (C=O) groups excluding carboxylic acids is 1. The molecule has 2 aromatic rings. The number of amides is 1. The van der Waals surface area contributed by atoms with Gasteiger partial charge in [0.2, 0.25) is 5.91 Å². The molecule has 0 aliphatic carbocycles. The molecule has 0 unspecified atom stereocenters. The summed E-state index contributed by atoms with van der Waals surface area (Å²) in [5, 5.41) is 2.76. The first kappa shape index (κ1) is 12.9. The van der Waals surface area contributed by atoms with Crippen molar-refractivity contribution in [1.82, 2.24) is 0 Å². The minimum atomic E-state index is -0.371. The minimum Gasteiger partial charge on any atom is -0.325 e. The number of nitrogens with one attached hydrogen (secondary N) is 1. The lowest BCUT2D eigenvalue weighted by Crippen LogP contribution is -2.08. The summed E-state index contributed by atoms with van der Waals surface area (Å²) >= 11 is 5.45. The predicted molar refractivity (Wildman–Crippen MR) is 80.7 cm³/mol. The van der Waals surface area contributed by atoms with E-state index in [2.05, 4.69) is 5.32 Å². The zero-order valence-corrected chi connectivity index (χ0v) is 11.7. The second-order valence-corrected chi connectivity index (χ2v) is 5.32. The number of thiocarbonyl (C=S) groups is 1. The van der Waals surface area contributed by atoms with Crippen LogP contribution in [0.5, 0.6) is 0 Å². The van der Waals surface area contributed by atoms with E-state index in [1.807, 2.05) is 31.2 Å². The highest BCUT2D eigenvalue weighted by Crippen LogP contribution is 2.30. The fraction of sp³-hybridized carbons (Fsp3) is 0.125. The van der Waals surface area contributed by atoms with Gasteiger partial charge in [0.15, 0.2) is 0 Å². The summed E-state index contributed by atoms with van der Waals surface area (Å²) in [6, 6.07) is 10.5. The Morgan fingerprint density at radius 2 is 1.95 bits per heavy atom. The molecule has 0 fully saturated rings. The van der Waals surface area contributed by atoms with E-state index in [1.54, 1.807) is 0 Å². The van der Waals surface area contributed by atoms with Crippen LogP contribution < -0.4 is 5.32 Å². The van der Waals surface area contributed by atoms with E-state index in [0.29, 0.717) is 21.7 Å². The fourth-order valence-corrected chi connectivity index (χ4v) is 2.64. The predicted octanol–water partition coefficient (Wildman–Crippen LogP) is 3.40. The first-order valence-corrected chi connectivity index (χ1v) is 6.69. The van der Waals surface area contributed by atoms with Crippen molar-refractivity contribution in [1.29, 1.82) is 0 Å². The molecule has 1 N–H and O–H groups in total. The highest BCUT2D eigenvalue weighted by molar-refractivity contribution is 7.81. The lowest BCUT2D eigenvalue weighted by molar-refractivity contribution is -0.115. The van der Waals surface area contributed by atoms with Crippen molar-refractivity contribution in [3.63, 3.8) is 0 Å². The Balaban J connectivity index is 2.09. The summed E-state index contributed by atoms with van der Waals surface area (Å²) < 4.78 is 13.7. The van der Waals surface area contributed by atoms with Crippen molar-refractivity contribution in [2.45, 2.75) is 13.3 Å². The van der Waals surface area contributed by atoms with Gasteiger partial charge in [-0.3, -0.25) is 4.79 Å². The average molecular weight is 285 g/mol. The number of hydrogen-bond acceptors (Lipinski definition) is 2. The van der Waals surface area contributed by atoms with Crippen molar-refractivity contribution in [3.8, 4) is 0 Å². The van der Waals surface area contributed by atoms with Gasteiger partial charge >= 0.3 is 0 Å². The van der Waals surface area contributed by atoms with Crippen LogP contribution in [0, 0.1) is 12.7 Å². The Kier molecular flexibility index (Phi) is 3.10. The molecule has 4 heteroatoms. The third-order valence-corrected chi connectivity index (χ3v) is 3.81. The smallest absolute Gasteiger partial charge is 0.228 e. The highest BCUT2D eigenvalue weighted by atomic mass is 32.1. The molecule has 0 aromatic heterocycles. The summed E-state index contributed by atoms with van der Waals surface area (Å²) in [5.41, 5.74) is 3.86. The molecule has 2 aromatic carbocycles. The molecule has 0 saturated carbocycles. The maximum atomic E-state index is 13.7. The van der Waals surface area contributed by atoms with Gasteiger partial charge in [0, 0.05) is 5.56 Å². The molecule has 1 amide bonds. The zero-order valence-electron chi connectivity index (χ0n) is 10.9. The number of anilines is 1. The van der Waals surface area contributed by atoms with Gasteiger partial charge in [0.05, 0.1) is 17.0 Å². The maximum Gasteiger partial charge on any atom is 0.228 e. The van der Waals surface area contributed by atoms with E-state index in [-0.39, 0.29) is 18.1 Å². The molecule has 1 heterocycles. The summed E-state index contributed by atoms with van der Waals surface area (Å²) in [4.78, 5) is 12.0. The molecular formula is C16H12FNOS. The number of aryl methyl sites for hydroxylation is 1. The van der Waals surface area contributed by atoms with E-state index in [0.717, 1.165) is 11.1 Å². The van der Waals surface area contributed by atoms with Gasteiger partial charge in [-0.05, 0) is 30.2 Å². The lowest BCUT2D eigenvalue weighted by Gasteiger charge is -2.10. The average Bonchev–Trinajstić information content (AvgIpc) is 2.78. The van der Waals surface area contributed by atoms with Crippen LogP contribution in [0.3, 0.4) is 0 Å². The van der Waals surface area contributed by atoms with Crippen LogP contribution in [-0.2, 0) is 11.2 Å². The molecular weight excluding hydrogens is 273 g/mol. The molecule has 0 spiro atoms. The van der Waals surface area contributed by atoms with E-state index in [4.69, 9.17) is 12.2 Å². The molecule has 1 aliphatic heterocycles. The third kappa shape index (κ3) is 2.23. The number of rotatable bonds is 2. The van der Waals surface area contributed by atoms with Crippen LogP contribution in [0.25, 0.3) is 0 Å². The molecule has 0 atom stereocenters. The van der Waals surface area contributed by atoms with E-state index < -0.39 is 0 Å². The quantitative estimate of drug-likeness (QED) is 0.677. The largest absolute Gasteiger partial charge is 0.325 e. The van der Waals surface area contributed by atoms with Gasteiger partial charge in [-0.1, -0.05) is 42.0 Å². The van der Waals surface area contributed by atoms with Crippen LogP contribution >= 0.6 is 12.2 Å². The molecule has 3 rings (SSSR count). The lowest BCUT2D eigenvalue weighted by atomic mass is 9.99. The number of benzene rings is 2. The molecule has 1 aliphatic rings.